The summed E-state index contributed by atoms with van der Waals surface area (Å²) in [4.78, 5) is 11.7. The summed E-state index contributed by atoms with van der Waals surface area (Å²) in [6.45, 7) is 3.72. The van der Waals surface area contributed by atoms with Crippen LogP contribution < -0.4 is 5.32 Å². The van der Waals surface area contributed by atoms with Gasteiger partial charge in [-0.2, -0.15) is 0 Å². The van der Waals surface area contributed by atoms with Crippen LogP contribution in [0.1, 0.15) is 39.0 Å². The van der Waals surface area contributed by atoms with Gasteiger partial charge in [0.05, 0.1) is 12.5 Å². The van der Waals surface area contributed by atoms with Gasteiger partial charge in [-0.3, -0.25) is 4.79 Å². The van der Waals surface area contributed by atoms with Gasteiger partial charge >= 0.3 is 5.97 Å². The molecule has 0 aromatic rings. The number of rotatable bonds is 4. The predicted molar refractivity (Wildman–Crippen MR) is 58.5 cm³/mol. The van der Waals surface area contributed by atoms with Gasteiger partial charge in [0.15, 0.2) is 0 Å². The Morgan fingerprint density at radius 1 is 1.40 bits per heavy atom. The maximum Gasteiger partial charge on any atom is 0.309 e. The summed E-state index contributed by atoms with van der Waals surface area (Å²) in [5.41, 5.74) is 0. The summed E-state index contributed by atoms with van der Waals surface area (Å²) >= 11 is 0. The Kier molecular flexibility index (Phi) is 3.62. The van der Waals surface area contributed by atoms with Crippen LogP contribution in [0, 0.1) is 11.8 Å². The molecule has 0 spiro atoms. The lowest BCUT2D eigenvalue weighted by Crippen LogP contribution is -2.39. The lowest BCUT2D eigenvalue weighted by atomic mass is 9.93. The molecule has 1 saturated heterocycles. The van der Waals surface area contributed by atoms with Crippen molar-refractivity contribution in [3.8, 4) is 0 Å². The summed E-state index contributed by atoms with van der Waals surface area (Å²) in [6, 6.07) is 0.458. The number of nitrogens with one attached hydrogen (secondary N) is 1. The van der Waals surface area contributed by atoms with E-state index < -0.39 is 0 Å². The largest absolute Gasteiger partial charge is 0.465 e. The molecule has 3 nitrogen and oxygen atoms in total. The van der Waals surface area contributed by atoms with Gasteiger partial charge in [0.25, 0.3) is 0 Å². The third-order valence-electron chi connectivity index (χ3n) is 3.42. The molecule has 1 heterocycles. The molecule has 0 aromatic carbocycles. The molecular formula is C12H21NO2. The van der Waals surface area contributed by atoms with Crippen molar-refractivity contribution in [2.24, 2.45) is 11.8 Å². The molecule has 3 heteroatoms. The molecule has 1 aliphatic carbocycles. The van der Waals surface area contributed by atoms with Crippen molar-refractivity contribution in [1.82, 2.24) is 5.32 Å². The van der Waals surface area contributed by atoms with E-state index in [2.05, 4.69) is 12.2 Å². The highest BCUT2D eigenvalue weighted by molar-refractivity contribution is 5.72. The van der Waals surface area contributed by atoms with E-state index in [-0.39, 0.29) is 11.9 Å². The topological polar surface area (TPSA) is 38.3 Å². The zero-order chi connectivity index (χ0) is 10.7. The van der Waals surface area contributed by atoms with Crippen molar-refractivity contribution in [3.63, 3.8) is 0 Å². The van der Waals surface area contributed by atoms with E-state index in [1.165, 1.54) is 12.8 Å². The van der Waals surface area contributed by atoms with Crippen LogP contribution in [0.25, 0.3) is 0 Å². The number of hydrogen-bond acceptors (Lipinski definition) is 3. The molecule has 1 N–H and O–H groups in total. The molecule has 2 unspecified atom stereocenters. The zero-order valence-corrected chi connectivity index (χ0v) is 9.50. The molecule has 2 atom stereocenters. The highest BCUT2D eigenvalue weighted by Crippen LogP contribution is 2.32. The maximum atomic E-state index is 11.7. The van der Waals surface area contributed by atoms with Gasteiger partial charge < -0.3 is 10.1 Å². The second kappa shape index (κ2) is 4.97. The molecule has 2 rings (SSSR count). The first kappa shape index (κ1) is 10.9. The Hall–Kier alpha value is -0.570. The Labute approximate surface area is 91.6 Å². The first-order chi connectivity index (χ1) is 7.25. The fourth-order valence-corrected chi connectivity index (χ4v) is 2.20. The lowest BCUT2D eigenvalue weighted by molar-refractivity contribution is -0.150. The normalized spacial score (nSPS) is 31.3. The van der Waals surface area contributed by atoms with Crippen LogP contribution in [0.2, 0.25) is 0 Å². The molecule has 0 aromatic heterocycles. The fraction of sp³-hybridized carbons (Fsp3) is 0.917. The van der Waals surface area contributed by atoms with Crippen LogP contribution in [0.5, 0.6) is 0 Å². The maximum absolute atomic E-state index is 11.7. The molecule has 2 fully saturated rings. The van der Waals surface area contributed by atoms with E-state index in [0.717, 1.165) is 31.7 Å². The average molecular weight is 211 g/mol. The number of piperidine rings is 1. The highest BCUT2D eigenvalue weighted by atomic mass is 16.5. The number of carbonyl (C=O) groups excluding carboxylic acids is 1. The first-order valence-electron chi connectivity index (χ1n) is 6.15. The standard InChI is InChI=1S/C12H21NO2/c1-9-8-11(4-6-13-9)12(14)15-7-5-10-2-3-10/h9-11,13H,2-8H2,1H3. The highest BCUT2D eigenvalue weighted by Gasteiger charge is 2.27. The van der Waals surface area contributed by atoms with Crippen molar-refractivity contribution >= 4 is 5.97 Å². The number of esters is 1. The Morgan fingerprint density at radius 2 is 2.20 bits per heavy atom. The van der Waals surface area contributed by atoms with E-state index in [1.54, 1.807) is 0 Å². The van der Waals surface area contributed by atoms with E-state index in [9.17, 15) is 4.79 Å². The van der Waals surface area contributed by atoms with E-state index in [1.807, 2.05) is 0 Å². The van der Waals surface area contributed by atoms with Crippen molar-refractivity contribution in [2.45, 2.75) is 45.1 Å². The second-order valence-corrected chi connectivity index (χ2v) is 4.98. The minimum Gasteiger partial charge on any atom is -0.465 e. The third kappa shape index (κ3) is 3.49. The summed E-state index contributed by atoms with van der Waals surface area (Å²) < 4.78 is 5.31. The minimum atomic E-state index is 0.0315. The van der Waals surface area contributed by atoms with Crippen molar-refractivity contribution in [3.05, 3.63) is 0 Å². The summed E-state index contributed by atoms with van der Waals surface area (Å²) in [5, 5.41) is 3.34. The SMILES string of the molecule is CC1CC(C(=O)OCCC2CC2)CCN1. The molecule has 15 heavy (non-hydrogen) atoms. The monoisotopic (exact) mass is 211 g/mol. The molecule has 1 aliphatic heterocycles. The molecule has 86 valence electrons. The Bertz CT molecular complexity index is 226. The zero-order valence-electron chi connectivity index (χ0n) is 9.50. The number of carbonyl (C=O) groups is 1. The summed E-state index contributed by atoms with van der Waals surface area (Å²) in [7, 11) is 0. The van der Waals surface area contributed by atoms with Crippen LogP contribution in [0.3, 0.4) is 0 Å². The predicted octanol–water partition coefficient (Wildman–Crippen LogP) is 1.72. The quantitative estimate of drug-likeness (QED) is 0.720. The molecule has 0 amide bonds. The van der Waals surface area contributed by atoms with Gasteiger partial charge in [-0.05, 0) is 38.6 Å². The lowest BCUT2D eigenvalue weighted by Gasteiger charge is -2.26. The second-order valence-electron chi connectivity index (χ2n) is 4.98. The van der Waals surface area contributed by atoms with Crippen LogP contribution in [-0.2, 0) is 9.53 Å². The van der Waals surface area contributed by atoms with Gasteiger partial charge in [0, 0.05) is 6.04 Å². The smallest absolute Gasteiger partial charge is 0.309 e. The van der Waals surface area contributed by atoms with Gasteiger partial charge in [0.2, 0.25) is 0 Å². The van der Waals surface area contributed by atoms with Gasteiger partial charge in [0.1, 0.15) is 0 Å². The van der Waals surface area contributed by atoms with Crippen LogP contribution >= 0.6 is 0 Å². The summed E-state index contributed by atoms with van der Waals surface area (Å²) in [6.07, 6.45) is 5.62. The number of ether oxygens (including phenoxy) is 1. The van der Waals surface area contributed by atoms with Gasteiger partial charge in [-0.25, -0.2) is 0 Å². The van der Waals surface area contributed by atoms with Crippen molar-refractivity contribution in [1.29, 1.82) is 0 Å². The number of hydrogen-bond donors (Lipinski definition) is 1. The van der Waals surface area contributed by atoms with E-state index in [0.29, 0.717) is 12.6 Å². The molecule has 0 bridgehead atoms. The van der Waals surface area contributed by atoms with Gasteiger partial charge in [-0.1, -0.05) is 12.8 Å². The van der Waals surface area contributed by atoms with Crippen LogP contribution in [-0.4, -0.2) is 25.2 Å². The minimum absolute atomic E-state index is 0.0315. The van der Waals surface area contributed by atoms with E-state index >= 15 is 0 Å². The average Bonchev–Trinajstić information content (AvgIpc) is 3.01. The van der Waals surface area contributed by atoms with Crippen molar-refractivity contribution < 1.29 is 9.53 Å². The van der Waals surface area contributed by atoms with Crippen LogP contribution in [0.4, 0.5) is 0 Å². The molecule has 2 aliphatic rings. The van der Waals surface area contributed by atoms with E-state index in [4.69, 9.17) is 4.74 Å². The van der Waals surface area contributed by atoms with Crippen molar-refractivity contribution in [2.75, 3.05) is 13.2 Å². The molecule has 0 radical (unpaired) electrons. The van der Waals surface area contributed by atoms with Gasteiger partial charge in [-0.15, -0.1) is 0 Å². The summed E-state index contributed by atoms with van der Waals surface area (Å²) in [5.74, 6) is 1.02. The van der Waals surface area contributed by atoms with Crippen LogP contribution in [0.15, 0.2) is 0 Å². The first-order valence-corrected chi connectivity index (χ1v) is 6.15. The Balaban J connectivity index is 1.64. The Morgan fingerprint density at radius 3 is 2.87 bits per heavy atom. The molecular weight excluding hydrogens is 190 g/mol. The third-order valence-corrected chi connectivity index (χ3v) is 3.42. The molecule has 1 saturated carbocycles. The fourth-order valence-electron chi connectivity index (χ4n) is 2.20.